The number of hydrogen-bond donors (Lipinski definition) is 2. The van der Waals surface area contributed by atoms with E-state index in [1.54, 1.807) is 0 Å². The van der Waals surface area contributed by atoms with Gasteiger partial charge in [-0.1, -0.05) is 0 Å². The lowest BCUT2D eigenvalue weighted by Gasteiger charge is -2.01. The second-order valence-electron chi connectivity index (χ2n) is 2.21. The van der Waals surface area contributed by atoms with Crippen LogP contribution in [0, 0.1) is 0 Å². The minimum absolute atomic E-state index is 0.194. The van der Waals surface area contributed by atoms with Gasteiger partial charge in [0, 0.05) is 19.6 Å². The van der Waals surface area contributed by atoms with Crippen molar-refractivity contribution in [1.82, 2.24) is 5.32 Å². The van der Waals surface area contributed by atoms with Crippen LogP contribution in [0.4, 0.5) is 0 Å². The van der Waals surface area contributed by atoms with Gasteiger partial charge >= 0.3 is 5.97 Å². The van der Waals surface area contributed by atoms with Crippen molar-refractivity contribution in [2.75, 3.05) is 26.8 Å². The third-order valence-corrected chi connectivity index (χ3v) is 1.18. The van der Waals surface area contributed by atoms with Crippen molar-refractivity contribution in [2.24, 2.45) is 0 Å². The molecule has 0 bridgehead atoms. The van der Waals surface area contributed by atoms with Gasteiger partial charge in [-0.25, -0.2) is 0 Å². The quantitative estimate of drug-likeness (QED) is 0.519. The predicted octanol–water partition coefficient (Wildman–Crippen LogP) is 0.0872. The molecule has 2 N–H and O–H groups in total. The highest BCUT2D eigenvalue weighted by atomic mass is 16.5. The Kier molecular flexibility index (Phi) is 7.08. The molecule has 11 heavy (non-hydrogen) atoms. The second-order valence-corrected chi connectivity index (χ2v) is 2.21. The molecule has 0 saturated carbocycles. The molecule has 4 nitrogen and oxygen atoms in total. The van der Waals surface area contributed by atoms with Gasteiger partial charge in [0.2, 0.25) is 0 Å². The van der Waals surface area contributed by atoms with Gasteiger partial charge in [0.25, 0.3) is 0 Å². The van der Waals surface area contributed by atoms with Gasteiger partial charge in [0.15, 0.2) is 0 Å². The average Bonchev–Trinajstić information content (AvgIpc) is 1.96. The van der Waals surface area contributed by atoms with E-state index in [9.17, 15) is 4.79 Å². The summed E-state index contributed by atoms with van der Waals surface area (Å²) in [6.07, 6.45) is 0.790. The summed E-state index contributed by atoms with van der Waals surface area (Å²) >= 11 is 0. The number of rotatable bonds is 7. The maximum absolute atomic E-state index is 10.0. The van der Waals surface area contributed by atoms with Gasteiger partial charge in [0.1, 0.15) is 0 Å². The highest BCUT2D eigenvalue weighted by Crippen LogP contribution is 1.88. The van der Waals surface area contributed by atoms with Gasteiger partial charge in [-0.3, -0.25) is 4.79 Å². The normalized spacial score (nSPS) is 9.91. The molecule has 0 amide bonds. The van der Waals surface area contributed by atoms with Crippen LogP contribution in [0.5, 0.6) is 0 Å². The Hall–Kier alpha value is -0.610. The second kappa shape index (κ2) is 7.50. The van der Waals surface area contributed by atoms with Crippen LogP contribution >= 0.6 is 0 Å². The van der Waals surface area contributed by atoms with E-state index >= 15 is 0 Å². The molecule has 0 fully saturated rings. The number of carboxylic acids is 1. The maximum atomic E-state index is 10.0. The molecule has 0 heterocycles. The molecular formula is C7H15NO3. The summed E-state index contributed by atoms with van der Waals surface area (Å²) in [6, 6.07) is 0. The molecule has 0 rings (SSSR count). The zero-order valence-electron chi connectivity index (χ0n) is 6.80. The number of nitrogens with one attached hydrogen (secondary N) is 1. The van der Waals surface area contributed by atoms with Crippen molar-refractivity contribution in [3.8, 4) is 0 Å². The highest BCUT2D eigenvalue weighted by Gasteiger charge is 1.95. The predicted molar refractivity (Wildman–Crippen MR) is 41.6 cm³/mol. The molecule has 0 aliphatic heterocycles. The Morgan fingerprint density at radius 1 is 1.55 bits per heavy atom. The first-order chi connectivity index (χ1) is 5.27. The van der Waals surface area contributed by atoms with E-state index in [2.05, 4.69) is 5.32 Å². The summed E-state index contributed by atoms with van der Waals surface area (Å²) in [5, 5.41) is 11.2. The molecular weight excluding hydrogens is 146 g/mol. The molecule has 0 atom stereocenters. The molecule has 0 aromatic heterocycles. The molecule has 0 aromatic carbocycles. The lowest BCUT2D eigenvalue weighted by Crippen LogP contribution is -2.14. The Labute approximate surface area is 66.5 Å². The van der Waals surface area contributed by atoms with Gasteiger partial charge in [-0.15, -0.1) is 0 Å². The van der Waals surface area contributed by atoms with Crippen LogP contribution in [0.3, 0.4) is 0 Å². The van der Waals surface area contributed by atoms with Crippen LogP contribution in [0.1, 0.15) is 12.8 Å². The van der Waals surface area contributed by atoms with Gasteiger partial charge in [0.05, 0.1) is 6.61 Å². The lowest BCUT2D eigenvalue weighted by molar-refractivity contribution is -0.137. The zero-order chi connectivity index (χ0) is 8.53. The molecule has 0 aliphatic carbocycles. The van der Waals surface area contributed by atoms with Crippen molar-refractivity contribution in [3.05, 3.63) is 0 Å². The number of ether oxygens (including phenoxy) is 1. The maximum Gasteiger partial charge on any atom is 0.303 e. The minimum atomic E-state index is -0.762. The van der Waals surface area contributed by atoms with Crippen LogP contribution in [-0.2, 0) is 9.53 Å². The molecule has 0 radical (unpaired) electrons. The summed E-state index contributed by atoms with van der Waals surface area (Å²) < 4.78 is 5.10. The van der Waals surface area contributed by atoms with E-state index in [1.165, 1.54) is 0 Å². The summed E-state index contributed by atoms with van der Waals surface area (Å²) in [5.74, 6) is -0.762. The first-order valence-corrected chi connectivity index (χ1v) is 3.71. The number of likely N-dealkylation sites (N-methyl/N-ethyl adjacent to an activating group) is 1. The Morgan fingerprint density at radius 3 is 2.82 bits per heavy atom. The van der Waals surface area contributed by atoms with Gasteiger partial charge in [-0.2, -0.15) is 0 Å². The largest absolute Gasteiger partial charge is 0.481 e. The molecule has 0 unspecified atom stereocenters. The average molecular weight is 161 g/mol. The standard InChI is InChI=1S/C7H15NO3/c1-8-4-6-11-5-2-3-7(9)10/h8H,2-6H2,1H3,(H,9,10). The number of carboxylic acid groups (broad SMARTS) is 1. The number of hydrogen-bond acceptors (Lipinski definition) is 3. The molecule has 0 aromatic rings. The van der Waals surface area contributed by atoms with Crippen molar-refractivity contribution in [1.29, 1.82) is 0 Å². The molecule has 66 valence electrons. The van der Waals surface area contributed by atoms with Crippen LogP contribution in [0.2, 0.25) is 0 Å². The molecule has 0 spiro atoms. The van der Waals surface area contributed by atoms with E-state index in [-0.39, 0.29) is 6.42 Å². The van der Waals surface area contributed by atoms with E-state index in [0.29, 0.717) is 19.6 Å². The van der Waals surface area contributed by atoms with E-state index in [0.717, 1.165) is 6.54 Å². The van der Waals surface area contributed by atoms with E-state index < -0.39 is 5.97 Å². The third-order valence-electron chi connectivity index (χ3n) is 1.18. The molecule has 0 aliphatic rings. The molecule has 0 saturated heterocycles. The number of carbonyl (C=O) groups is 1. The Morgan fingerprint density at radius 2 is 2.27 bits per heavy atom. The fourth-order valence-corrected chi connectivity index (χ4v) is 0.602. The summed E-state index contributed by atoms with van der Waals surface area (Å²) in [7, 11) is 1.85. The van der Waals surface area contributed by atoms with Crippen LogP contribution < -0.4 is 5.32 Å². The minimum Gasteiger partial charge on any atom is -0.481 e. The van der Waals surface area contributed by atoms with Gasteiger partial charge < -0.3 is 15.2 Å². The summed E-state index contributed by atoms with van der Waals surface area (Å²) in [6.45, 7) is 2.00. The third kappa shape index (κ3) is 9.39. The summed E-state index contributed by atoms with van der Waals surface area (Å²) in [4.78, 5) is 10.0. The Balaban J connectivity index is 2.85. The van der Waals surface area contributed by atoms with Gasteiger partial charge in [-0.05, 0) is 13.5 Å². The fourth-order valence-electron chi connectivity index (χ4n) is 0.602. The monoisotopic (exact) mass is 161 g/mol. The molecule has 4 heteroatoms. The fraction of sp³-hybridized carbons (Fsp3) is 0.857. The van der Waals surface area contributed by atoms with Crippen LogP contribution in [-0.4, -0.2) is 37.9 Å². The van der Waals surface area contributed by atoms with Crippen molar-refractivity contribution in [3.63, 3.8) is 0 Å². The smallest absolute Gasteiger partial charge is 0.303 e. The lowest BCUT2D eigenvalue weighted by atomic mass is 10.3. The van der Waals surface area contributed by atoms with Crippen LogP contribution in [0.25, 0.3) is 0 Å². The van der Waals surface area contributed by atoms with Crippen molar-refractivity contribution >= 4 is 5.97 Å². The number of aliphatic carboxylic acids is 1. The van der Waals surface area contributed by atoms with Crippen molar-refractivity contribution < 1.29 is 14.6 Å². The summed E-state index contributed by atoms with van der Waals surface area (Å²) in [5.41, 5.74) is 0. The van der Waals surface area contributed by atoms with Crippen LogP contribution in [0.15, 0.2) is 0 Å². The highest BCUT2D eigenvalue weighted by molar-refractivity contribution is 5.66. The van der Waals surface area contributed by atoms with E-state index in [4.69, 9.17) is 9.84 Å². The SMILES string of the molecule is CNCCOCCCC(=O)O. The topological polar surface area (TPSA) is 58.6 Å². The zero-order valence-corrected chi connectivity index (χ0v) is 6.80. The first kappa shape index (κ1) is 10.4. The first-order valence-electron chi connectivity index (χ1n) is 3.71. The van der Waals surface area contributed by atoms with E-state index in [1.807, 2.05) is 7.05 Å². The Bertz CT molecular complexity index is 106. The van der Waals surface area contributed by atoms with Crippen molar-refractivity contribution in [2.45, 2.75) is 12.8 Å².